The molecule has 113 heavy (non-hydrogen) atoms. The number of aliphatic carboxylic acids is 1. The van der Waals surface area contributed by atoms with E-state index >= 15 is 0 Å². The minimum absolute atomic E-state index is 0.0105. The average Bonchev–Trinajstić information content (AvgIpc) is 1.63. The molecule has 0 radical (unpaired) electrons. The number of carboxylic acid groups (broad SMARTS) is 3. The van der Waals surface area contributed by atoms with Crippen LogP contribution < -0.4 is 0 Å². The fourth-order valence-corrected chi connectivity index (χ4v) is 16.8. The number of ketones is 4. The maximum atomic E-state index is 13.2. The number of hydrogen-bond donors (Lipinski definition) is 6. The molecule has 0 unspecified atom stereocenters. The lowest BCUT2D eigenvalue weighted by molar-refractivity contribution is -0.146. The number of aromatic carboxylic acids is 2. The summed E-state index contributed by atoms with van der Waals surface area (Å²) in [7, 11) is -16.0. The van der Waals surface area contributed by atoms with E-state index < -0.39 is 105 Å². The Labute approximate surface area is 644 Å². The number of carbonyl (C=O) groups excluding carboxylic acids is 6. The molecule has 12 rings (SSSR count). The molecule has 0 fully saturated rings. The van der Waals surface area contributed by atoms with Crippen LogP contribution in [0.25, 0.3) is 60.9 Å². The van der Waals surface area contributed by atoms with Crippen LogP contribution in [0, 0.1) is 0 Å². The van der Waals surface area contributed by atoms with E-state index in [9.17, 15) is 102 Å². The number of carbonyl (C=O) groups is 9. The van der Waals surface area contributed by atoms with Crippen LogP contribution in [0.1, 0.15) is 117 Å². The molecule has 0 atom stereocenters. The van der Waals surface area contributed by atoms with Crippen LogP contribution in [0.3, 0.4) is 0 Å². The number of carboxylic acids is 3. The number of benzene rings is 8. The molecule has 4 heterocycles. The lowest BCUT2D eigenvalue weighted by Crippen LogP contribution is -2.12. The highest BCUT2D eigenvalue weighted by Crippen LogP contribution is 2.35. The summed E-state index contributed by atoms with van der Waals surface area (Å²) in [5.74, 6) is -9.63. The van der Waals surface area contributed by atoms with E-state index in [1.54, 1.807) is 88.4 Å². The predicted molar refractivity (Wildman–Crippen MR) is 415 cm³/mol. The molecule has 29 nitrogen and oxygen atoms in total. The van der Waals surface area contributed by atoms with E-state index in [0.717, 1.165) is 40.3 Å². The minimum atomic E-state index is -4.13. The lowest BCUT2D eigenvalue weighted by atomic mass is 10.1. The van der Waals surface area contributed by atoms with Gasteiger partial charge in [-0.05, 0) is 170 Å². The number of rotatable bonds is 22. The number of nitrogens with zero attached hydrogens (tertiary/aromatic N) is 4. The van der Waals surface area contributed by atoms with Crippen molar-refractivity contribution in [3.63, 3.8) is 0 Å². The molecule has 0 aliphatic rings. The molecule has 582 valence electrons. The summed E-state index contributed by atoms with van der Waals surface area (Å²) in [6.45, 7) is 10.8. The molecule has 6 N–H and O–H groups in total. The summed E-state index contributed by atoms with van der Waals surface area (Å²) >= 11 is 0. The molecule has 0 saturated heterocycles. The molecule has 0 bridgehead atoms. The molecule has 33 heteroatoms. The number of aliphatic hydroxyl groups excluding tert-OH is 3. The number of ether oxygens (including phenoxy) is 2. The van der Waals surface area contributed by atoms with Crippen LogP contribution in [0.5, 0.6) is 0 Å². The van der Waals surface area contributed by atoms with Crippen molar-refractivity contribution >= 4 is 154 Å². The molecule has 0 aliphatic heterocycles. The Bertz CT molecular complexity index is 6410. The van der Waals surface area contributed by atoms with Crippen molar-refractivity contribution < 1.29 is 117 Å². The number of fused-ring (bicyclic) bond motifs is 4. The van der Waals surface area contributed by atoms with Crippen molar-refractivity contribution in [3.05, 3.63) is 282 Å². The summed E-state index contributed by atoms with van der Waals surface area (Å²) in [6.07, 6.45) is 6.45. The lowest BCUT2D eigenvalue weighted by Gasteiger charge is -2.09. The second-order valence-electron chi connectivity index (χ2n) is 25.1. The van der Waals surface area contributed by atoms with Gasteiger partial charge in [0, 0.05) is 86.8 Å². The van der Waals surface area contributed by atoms with Crippen molar-refractivity contribution in [2.45, 2.75) is 80.3 Å². The number of hydrogen-bond acceptors (Lipinski definition) is 22. The van der Waals surface area contributed by atoms with Gasteiger partial charge in [-0.2, -0.15) is 0 Å². The first-order valence-corrected chi connectivity index (χ1v) is 39.2. The SMILES string of the molecule is CC(=O)C=C(O)c1cn(S(=O)(=O)c2ccccc2)c2ccc(C(=O)O)cc12.CC(=O)C=C(O)c1cn(S(=O)(=O)c2ccccc2)c2ccc(C(=O)OC(C)C)cc12.CC(=O)c1cn(S(=O)(=O)c2ccccc2)c2ccc(C(=O)OC(C)C)cc12.O=C(O)C(=O)C=C(O)c1cn(S(=O)(=O)c2ccccc2)c2ccc(C(=O)O)cc12. The predicted octanol–water partition coefficient (Wildman–Crippen LogP) is 12.8. The summed E-state index contributed by atoms with van der Waals surface area (Å²) in [5.41, 5.74) is 1.15. The van der Waals surface area contributed by atoms with Gasteiger partial charge in [0.1, 0.15) is 17.3 Å². The minimum Gasteiger partial charge on any atom is -0.507 e. The Morgan fingerprint density at radius 2 is 0.566 bits per heavy atom. The van der Waals surface area contributed by atoms with E-state index in [1.165, 1.54) is 167 Å². The second-order valence-corrected chi connectivity index (χ2v) is 32.4. The molecule has 12 aromatic rings. The maximum Gasteiger partial charge on any atom is 0.376 e. The number of aromatic nitrogens is 4. The van der Waals surface area contributed by atoms with Gasteiger partial charge in [0.05, 0.1) is 76.1 Å². The topological polar surface area (TPSA) is 450 Å². The van der Waals surface area contributed by atoms with Crippen molar-refractivity contribution in [2.75, 3.05) is 0 Å². The third-order valence-corrected chi connectivity index (χ3v) is 23.1. The smallest absolute Gasteiger partial charge is 0.376 e. The summed E-state index contributed by atoms with van der Waals surface area (Å²) in [5, 5.41) is 58.9. The van der Waals surface area contributed by atoms with Gasteiger partial charge in [-0.1, -0.05) is 72.8 Å². The molecular weight excluding hydrogens is 1550 g/mol. The van der Waals surface area contributed by atoms with E-state index in [2.05, 4.69) is 0 Å². The van der Waals surface area contributed by atoms with Crippen LogP contribution in [0.2, 0.25) is 0 Å². The third kappa shape index (κ3) is 18.5. The highest BCUT2D eigenvalue weighted by atomic mass is 32.2. The van der Waals surface area contributed by atoms with Gasteiger partial charge in [-0.25, -0.2) is 73.5 Å². The Morgan fingerprint density at radius 3 is 0.805 bits per heavy atom. The van der Waals surface area contributed by atoms with Crippen LogP contribution in [0.15, 0.2) is 257 Å². The van der Waals surface area contributed by atoms with E-state index in [1.807, 2.05) is 0 Å². The Hall–Kier alpha value is -13.6. The van der Waals surface area contributed by atoms with Crippen LogP contribution in [-0.4, -0.2) is 145 Å². The van der Waals surface area contributed by atoms with Gasteiger partial charge in [0.15, 0.2) is 17.3 Å². The van der Waals surface area contributed by atoms with Crippen LogP contribution >= 0.6 is 0 Å². The normalized spacial score (nSPS) is 12.1. The van der Waals surface area contributed by atoms with Gasteiger partial charge in [0.25, 0.3) is 45.9 Å². The third-order valence-electron chi connectivity index (χ3n) is 16.3. The van der Waals surface area contributed by atoms with Crippen molar-refractivity contribution in [1.29, 1.82) is 0 Å². The zero-order chi connectivity index (χ0) is 82.9. The fourth-order valence-electron chi connectivity index (χ4n) is 11.2. The number of allylic oxidation sites excluding steroid dienone is 2. The van der Waals surface area contributed by atoms with Crippen LogP contribution in [-0.2, 0) is 68.7 Å². The Morgan fingerprint density at radius 1 is 0.327 bits per heavy atom. The Kier molecular flexibility index (Phi) is 25.2. The van der Waals surface area contributed by atoms with Gasteiger partial charge >= 0.3 is 29.8 Å². The van der Waals surface area contributed by atoms with Crippen molar-refractivity contribution in [2.24, 2.45) is 0 Å². The molecule has 0 saturated carbocycles. The zero-order valence-corrected chi connectivity index (χ0v) is 63.8. The van der Waals surface area contributed by atoms with E-state index in [0.29, 0.717) is 22.4 Å². The van der Waals surface area contributed by atoms with E-state index in [4.69, 9.17) is 14.6 Å². The largest absolute Gasteiger partial charge is 0.507 e. The van der Waals surface area contributed by atoms with E-state index in [-0.39, 0.29) is 109 Å². The highest BCUT2D eigenvalue weighted by Gasteiger charge is 2.29. The first-order valence-electron chi connectivity index (χ1n) is 33.4. The summed E-state index contributed by atoms with van der Waals surface area (Å²) < 4.78 is 119. The fraction of sp³-hybridized carbons (Fsp3) is 0.113. The standard InChI is InChI=1S/C22H21NO6S.C20H19NO5S.C19H13NO8S.C19H15NO6S/c1-14(2)29-22(26)16-9-10-20-18(12-16)19(21(25)11-15(3)24)13-23(20)30(27,28)17-7-5-4-6-8-17;1-13(2)26-20(23)15-9-10-19-17(11-15)18(14(3)22)12-21(19)27(24,25)16-7-5-4-6-8-16;21-16(9-17(22)19(25)26)14-10-20(29(27,28)12-4-2-1-3-5-12)15-7-6-11(18(23)24)8-13(14)15;1-12(21)9-18(22)16-11-20(27(25,26)14-5-3-2-4-6-14)17-8-7-13(19(23)24)10-15(16)17/h4-14,25H,1-3H3;4-13H,1-3H3;1-10,21H,(H,23,24)(H,25,26);2-11,22H,1H3,(H,23,24). The average molecular weight is 1610 g/mol. The van der Waals surface area contributed by atoms with Gasteiger partial charge in [-0.3, -0.25) is 19.2 Å². The quantitative estimate of drug-likeness (QED) is 0.0121. The molecule has 0 spiro atoms. The van der Waals surface area contributed by atoms with Crippen molar-refractivity contribution in [3.8, 4) is 0 Å². The highest BCUT2D eigenvalue weighted by molar-refractivity contribution is 7.91. The summed E-state index contributed by atoms with van der Waals surface area (Å²) in [4.78, 5) is 104. The van der Waals surface area contributed by atoms with Crippen molar-refractivity contribution in [1.82, 2.24) is 15.9 Å². The first-order chi connectivity index (χ1) is 53.2. The number of aliphatic hydroxyl groups is 3. The molecule has 8 aromatic carbocycles. The van der Waals surface area contributed by atoms with Gasteiger partial charge in [0.2, 0.25) is 0 Å². The van der Waals surface area contributed by atoms with Gasteiger partial charge in [-0.15, -0.1) is 0 Å². The number of esters is 2. The maximum absolute atomic E-state index is 13.2. The molecule has 0 amide bonds. The first kappa shape index (κ1) is 83.4. The number of Topliss-reactive ketones (excluding diaryl/α,β-unsaturated/α-hetero) is 1. The Balaban J connectivity index is 0.000000173. The van der Waals surface area contributed by atoms with Crippen LogP contribution in [0.4, 0.5) is 0 Å². The molecule has 4 aromatic heterocycles. The monoisotopic (exact) mass is 1610 g/mol. The second kappa shape index (κ2) is 34.1. The van der Waals surface area contributed by atoms with Gasteiger partial charge < -0.3 is 40.1 Å². The molecular formula is C80H68N4O25S4. The zero-order valence-electron chi connectivity index (χ0n) is 60.5. The molecule has 0 aliphatic carbocycles. The summed E-state index contributed by atoms with van der Waals surface area (Å²) in [6, 6.07) is 47.2.